The molecule has 5 heteroatoms. The van der Waals surface area contributed by atoms with E-state index in [9.17, 15) is 9.18 Å². The number of carbonyl (C=O) groups excluding carboxylic acids is 1. The number of aromatic nitrogens is 1. The van der Waals surface area contributed by atoms with Crippen LogP contribution < -0.4 is 0 Å². The first-order chi connectivity index (χ1) is 10.6. The van der Waals surface area contributed by atoms with Crippen molar-refractivity contribution in [2.24, 2.45) is 0 Å². The molecule has 3 rings (SSSR count). The highest BCUT2D eigenvalue weighted by molar-refractivity contribution is 7.99. The number of halogens is 1. The van der Waals surface area contributed by atoms with Crippen LogP contribution in [0.4, 0.5) is 4.39 Å². The highest BCUT2D eigenvalue weighted by atomic mass is 32.2. The van der Waals surface area contributed by atoms with E-state index in [1.54, 1.807) is 25.1 Å². The molecule has 0 aliphatic carbocycles. The van der Waals surface area contributed by atoms with Gasteiger partial charge in [0.1, 0.15) is 5.82 Å². The molecule has 0 saturated carbocycles. The van der Waals surface area contributed by atoms with Crippen LogP contribution in [0, 0.1) is 5.82 Å². The molecule has 0 fully saturated rings. The maximum Gasteiger partial charge on any atom is 0.254 e. The number of hydrogen-bond acceptors (Lipinski definition) is 2. The average Bonchev–Trinajstić information content (AvgIpc) is 2.89. The Kier molecular flexibility index (Phi) is 3.90. The van der Waals surface area contributed by atoms with Gasteiger partial charge in [-0.05, 0) is 30.3 Å². The Morgan fingerprint density at radius 3 is 2.68 bits per heavy atom. The molecule has 22 heavy (non-hydrogen) atoms. The lowest BCUT2D eigenvalue weighted by atomic mass is 10.2. The molecule has 0 atom stereocenters. The number of fused-ring (bicyclic) bond motifs is 1. The van der Waals surface area contributed by atoms with Crippen LogP contribution in [-0.4, -0.2) is 29.9 Å². The maximum absolute atomic E-state index is 13.3. The summed E-state index contributed by atoms with van der Waals surface area (Å²) < 4.78 is 13.3. The number of nitrogens with one attached hydrogen (secondary N) is 1. The Morgan fingerprint density at radius 2 is 1.91 bits per heavy atom. The quantitative estimate of drug-likeness (QED) is 0.788. The van der Waals surface area contributed by atoms with Gasteiger partial charge in [0.2, 0.25) is 0 Å². The average molecular weight is 314 g/mol. The van der Waals surface area contributed by atoms with Gasteiger partial charge >= 0.3 is 0 Å². The summed E-state index contributed by atoms with van der Waals surface area (Å²) in [7, 11) is 3.47. The van der Waals surface area contributed by atoms with Crippen LogP contribution in [-0.2, 0) is 0 Å². The summed E-state index contributed by atoms with van der Waals surface area (Å²) in [5, 5.41) is 0.943. The van der Waals surface area contributed by atoms with E-state index < -0.39 is 0 Å². The molecule has 0 spiro atoms. The minimum atomic E-state index is -0.269. The van der Waals surface area contributed by atoms with Crippen molar-refractivity contribution in [2.75, 3.05) is 14.1 Å². The number of benzene rings is 2. The number of amides is 1. The van der Waals surface area contributed by atoms with Gasteiger partial charge in [0.05, 0.1) is 5.56 Å². The van der Waals surface area contributed by atoms with Gasteiger partial charge in [-0.2, -0.15) is 0 Å². The number of carbonyl (C=O) groups is 1. The number of rotatable bonds is 3. The summed E-state index contributed by atoms with van der Waals surface area (Å²) in [6, 6.07) is 12.2. The maximum atomic E-state index is 13.3. The predicted octanol–water partition coefficient (Wildman–Crippen LogP) is 4.16. The van der Waals surface area contributed by atoms with Gasteiger partial charge in [-0.3, -0.25) is 4.79 Å². The second-order valence-corrected chi connectivity index (χ2v) is 6.22. The molecule has 0 aliphatic rings. The molecule has 3 aromatic rings. The fraction of sp³-hybridized carbons (Fsp3) is 0.118. The van der Waals surface area contributed by atoms with E-state index in [0.29, 0.717) is 5.56 Å². The standard InChI is InChI=1S/C17H15FN2OS/c1-20(2)17(21)13-5-3-4-6-15(13)22-16-10-19-14-9-11(18)7-8-12(14)16/h3-10,19H,1-2H3. The lowest BCUT2D eigenvalue weighted by Gasteiger charge is -2.13. The number of H-pyrrole nitrogens is 1. The molecular formula is C17H15FN2OS. The molecule has 3 nitrogen and oxygen atoms in total. The monoisotopic (exact) mass is 314 g/mol. The van der Waals surface area contributed by atoms with E-state index in [-0.39, 0.29) is 11.7 Å². The molecule has 0 aliphatic heterocycles. The van der Waals surface area contributed by atoms with Crippen molar-refractivity contribution in [2.45, 2.75) is 9.79 Å². The van der Waals surface area contributed by atoms with Crippen LogP contribution in [0.3, 0.4) is 0 Å². The Balaban J connectivity index is 2.00. The zero-order valence-corrected chi connectivity index (χ0v) is 13.1. The molecule has 1 amide bonds. The van der Waals surface area contributed by atoms with E-state index in [1.165, 1.54) is 23.9 Å². The fourth-order valence-corrected chi connectivity index (χ4v) is 3.30. The second kappa shape index (κ2) is 5.85. The van der Waals surface area contributed by atoms with Gasteiger partial charge in [-0.1, -0.05) is 23.9 Å². The zero-order chi connectivity index (χ0) is 15.7. The normalized spacial score (nSPS) is 10.9. The van der Waals surface area contributed by atoms with Gasteiger partial charge in [0, 0.05) is 41.0 Å². The van der Waals surface area contributed by atoms with Crippen LogP contribution in [0.15, 0.2) is 58.5 Å². The summed E-state index contributed by atoms with van der Waals surface area (Å²) in [6.07, 6.45) is 1.84. The van der Waals surface area contributed by atoms with Crippen molar-refractivity contribution in [3.8, 4) is 0 Å². The Labute approximate surface area is 132 Å². The predicted molar refractivity (Wildman–Crippen MR) is 86.8 cm³/mol. The van der Waals surface area contributed by atoms with Crippen LogP contribution in [0.2, 0.25) is 0 Å². The first-order valence-corrected chi connectivity index (χ1v) is 7.63. The van der Waals surface area contributed by atoms with E-state index >= 15 is 0 Å². The third-order valence-electron chi connectivity index (χ3n) is 3.35. The summed E-state index contributed by atoms with van der Waals surface area (Å²) >= 11 is 1.50. The minimum Gasteiger partial charge on any atom is -0.360 e. The SMILES string of the molecule is CN(C)C(=O)c1ccccc1Sc1c[nH]c2cc(F)ccc12. The second-order valence-electron chi connectivity index (χ2n) is 5.14. The molecule has 2 aromatic carbocycles. The van der Waals surface area contributed by atoms with Crippen molar-refractivity contribution in [3.05, 3.63) is 60.0 Å². The zero-order valence-electron chi connectivity index (χ0n) is 12.3. The fourth-order valence-electron chi connectivity index (χ4n) is 2.25. The highest BCUT2D eigenvalue weighted by Gasteiger charge is 2.15. The van der Waals surface area contributed by atoms with Crippen molar-refractivity contribution in [3.63, 3.8) is 0 Å². The van der Waals surface area contributed by atoms with Crippen molar-refractivity contribution >= 4 is 28.6 Å². The molecular weight excluding hydrogens is 299 g/mol. The lowest BCUT2D eigenvalue weighted by Crippen LogP contribution is -2.22. The minimum absolute atomic E-state index is 0.0333. The van der Waals surface area contributed by atoms with E-state index in [2.05, 4.69) is 4.98 Å². The lowest BCUT2D eigenvalue weighted by molar-refractivity contribution is 0.0824. The Bertz CT molecular complexity index is 842. The number of hydrogen-bond donors (Lipinski definition) is 1. The van der Waals surface area contributed by atoms with Crippen LogP contribution >= 0.6 is 11.8 Å². The molecule has 0 saturated heterocycles. The highest BCUT2D eigenvalue weighted by Crippen LogP contribution is 2.35. The summed E-state index contributed by atoms with van der Waals surface area (Å²) in [6.45, 7) is 0. The van der Waals surface area contributed by atoms with E-state index in [1.807, 2.05) is 30.5 Å². The first kappa shape index (κ1) is 14.7. The summed E-state index contributed by atoms with van der Waals surface area (Å²) in [5.74, 6) is -0.303. The van der Waals surface area contributed by atoms with Gasteiger partial charge in [0.25, 0.3) is 5.91 Å². The largest absolute Gasteiger partial charge is 0.360 e. The molecule has 1 aromatic heterocycles. The van der Waals surface area contributed by atoms with E-state index in [4.69, 9.17) is 0 Å². The van der Waals surface area contributed by atoms with Crippen LogP contribution in [0.1, 0.15) is 10.4 Å². The molecule has 0 unspecified atom stereocenters. The number of aromatic amines is 1. The summed E-state index contributed by atoms with van der Waals surface area (Å²) in [4.78, 5) is 18.7. The molecule has 112 valence electrons. The van der Waals surface area contributed by atoms with Gasteiger partial charge < -0.3 is 9.88 Å². The summed E-state index contributed by atoms with van der Waals surface area (Å²) in [5.41, 5.74) is 1.41. The Morgan fingerprint density at radius 1 is 1.14 bits per heavy atom. The smallest absolute Gasteiger partial charge is 0.254 e. The van der Waals surface area contributed by atoms with Crippen LogP contribution in [0.25, 0.3) is 10.9 Å². The molecule has 0 radical (unpaired) electrons. The van der Waals surface area contributed by atoms with Crippen LogP contribution in [0.5, 0.6) is 0 Å². The van der Waals surface area contributed by atoms with Crippen molar-refractivity contribution in [1.29, 1.82) is 0 Å². The number of nitrogens with zero attached hydrogens (tertiary/aromatic N) is 1. The Hall–Kier alpha value is -2.27. The van der Waals surface area contributed by atoms with Gasteiger partial charge in [-0.15, -0.1) is 0 Å². The molecule has 1 heterocycles. The van der Waals surface area contributed by atoms with E-state index in [0.717, 1.165) is 20.7 Å². The molecule has 0 bridgehead atoms. The first-order valence-electron chi connectivity index (χ1n) is 6.81. The van der Waals surface area contributed by atoms with Gasteiger partial charge in [-0.25, -0.2) is 4.39 Å². The van der Waals surface area contributed by atoms with Gasteiger partial charge in [0.15, 0.2) is 0 Å². The third-order valence-corrected chi connectivity index (χ3v) is 4.48. The van der Waals surface area contributed by atoms with Crippen molar-refractivity contribution < 1.29 is 9.18 Å². The molecule has 1 N–H and O–H groups in total. The topological polar surface area (TPSA) is 36.1 Å². The van der Waals surface area contributed by atoms with Crippen molar-refractivity contribution in [1.82, 2.24) is 9.88 Å². The third kappa shape index (κ3) is 2.72.